The molecule has 2 bridgehead atoms. The lowest BCUT2D eigenvalue weighted by Crippen LogP contribution is -2.51. The third kappa shape index (κ3) is 1.71. The molecule has 2 aromatic rings. The molecule has 5 atom stereocenters. The average Bonchev–Trinajstić information content (AvgIpc) is 3.34. The monoisotopic (exact) mass is 462 g/mol. The van der Waals surface area contributed by atoms with E-state index in [0.717, 1.165) is 22.2 Å². The van der Waals surface area contributed by atoms with Gasteiger partial charge >= 0.3 is 5.97 Å². The van der Waals surface area contributed by atoms with Crippen LogP contribution in [0.1, 0.15) is 23.7 Å². The zero-order valence-corrected chi connectivity index (χ0v) is 17.2. The fraction of sp³-hybridized carbons (Fsp3) is 0.400. The molecule has 1 aromatic heterocycles. The Balaban J connectivity index is 1.65. The summed E-state index contributed by atoms with van der Waals surface area (Å²) in [6, 6.07) is 6.65. The van der Waals surface area contributed by atoms with E-state index in [1.165, 1.54) is 7.11 Å². The van der Waals surface area contributed by atoms with E-state index < -0.39 is 33.0 Å². The van der Waals surface area contributed by atoms with Gasteiger partial charge in [0.25, 0.3) is 0 Å². The number of aromatic nitrogens is 1. The number of carbonyl (C=O) groups is 2. The summed E-state index contributed by atoms with van der Waals surface area (Å²) in [5.74, 6) is -0.734. The lowest BCUT2D eigenvalue weighted by Gasteiger charge is -2.40. The van der Waals surface area contributed by atoms with Crippen LogP contribution < -0.4 is 0 Å². The van der Waals surface area contributed by atoms with Crippen molar-refractivity contribution in [2.45, 2.75) is 39.9 Å². The van der Waals surface area contributed by atoms with Crippen LogP contribution in [-0.4, -0.2) is 49.9 Å². The number of benzene rings is 1. The quantitative estimate of drug-likeness (QED) is 0.401. The second-order valence-electron chi connectivity index (χ2n) is 7.91. The Labute approximate surface area is 173 Å². The van der Waals surface area contributed by atoms with Crippen molar-refractivity contribution in [3.05, 3.63) is 47.7 Å². The number of rotatable bonds is 1. The van der Waals surface area contributed by atoms with Gasteiger partial charge in [-0.05, 0) is 39.7 Å². The summed E-state index contributed by atoms with van der Waals surface area (Å²) in [6.07, 6.45) is 4.47. The summed E-state index contributed by atoms with van der Waals surface area (Å²) >= 11 is 10.6. The fourth-order valence-electron chi connectivity index (χ4n) is 5.48. The first kappa shape index (κ1) is 17.1. The van der Waals surface area contributed by atoms with Crippen LogP contribution in [0.25, 0.3) is 10.9 Å². The van der Waals surface area contributed by atoms with Crippen molar-refractivity contribution in [3.8, 4) is 0 Å². The summed E-state index contributed by atoms with van der Waals surface area (Å²) < 4.78 is 10.7. The van der Waals surface area contributed by atoms with Gasteiger partial charge in [0.1, 0.15) is 22.2 Å². The largest absolute Gasteiger partial charge is 0.467 e. The number of hydrogen-bond donors (Lipinski definition) is 1. The van der Waals surface area contributed by atoms with Crippen LogP contribution in [-0.2, 0) is 25.5 Å². The Bertz CT molecular complexity index is 1110. The third-order valence-corrected chi connectivity index (χ3v) is 7.90. The number of H-pyrrole nitrogens is 1. The molecule has 0 saturated carbocycles. The summed E-state index contributed by atoms with van der Waals surface area (Å²) in [6.45, 7) is 0. The topological polar surface area (TPSA) is 71.6 Å². The van der Waals surface area contributed by atoms with Crippen molar-refractivity contribution in [1.82, 2.24) is 9.88 Å². The van der Waals surface area contributed by atoms with Gasteiger partial charge in [0.05, 0.1) is 7.11 Å². The molecule has 1 aromatic carbocycles. The van der Waals surface area contributed by atoms with E-state index in [4.69, 9.17) is 21.1 Å². The molecule has 1 amide bonds. The second-order valence-corrected chi connectivity index (χ2v) is 9.90. The maximum atomic E-state index is 13.6. The number of nitrogens with zero attached hydrogens (tertiary/aromatic N) is 1. The average molecular weight is 464 g/mol. The predicted molar refractivity (Wildman–Crippen MR) is 105 cm³/mol. The van der Waals surface area contributed by atoms with Gasteiger partial charge in [-0.1, -0.05) is 18.2 Å². The number of carbonyl (C=O) groups excluding carboxylic acids is 2. The Hall–Kier alpha value is -1.83. The lowest BCUT2D eigenvalue weighted by molar-refractivity contribution is -0.155. The molecular formula is C20H16BrClN2O4. The summed E-state index contributed by atoms with van der Waals surface area (Å²) in [5.41, 5.74) is 1.78. The molecule has 6 rings (SSSR count). The molecule has 0 radical (unpaired) electrons. The minimum atomic E-state index is -1.28. The zero-order valence-electron chi connectivity index (χ0n) is 14.9. The minimum Gasteiger partial charge on any atom is -0.467 e. The highest BCUT2D eigenvalue weighted by Gasteiger charge is 2.80. The summed E-state index contributed by atoms with van der Waals surface area (Å²) in [7, 11) is 1.34. The van der Waals surface area contributed by atoms with E-state index in [1.807, 2.05) is 36.4 Å². The minimum absolute atomic E-state index is 0.287. The van der Waals surface area contributed by atoms with Crippen LogP contribution in [0, 0.1) is 0 Å². The standard InChI is InChI=1S/C20H16BrClN2O4/c1-27-16(25)13-8-11-10-4-2-3-5-12(10)23-14(11)15-20-7-6-18(21,28-20)9-19(20,22)17(26)24(13)15/h2-7,13,15,23H,8-9H2,1H3/t13-,15-,18+,19+,20+/m0/s1. The normalized spacial score (nSPS) is 40.0. The van der Waals surface area contributed by atoms with Gasteiger partial charge < -0.3 is 19.4 Å². The number of hydrogen-bond acceptors (Lipinski definition) is 4. The number of fused-ring (bicyclic) bond motifs is 6. The molecule has 0 unspecified atom stereocenters. The van der Waals surface area contributed by atoms with Gasteiger partial charge in [-0.25, -0.2) is 4.79 Å². The number of methoxy groups -OCH3 is 1. The highest BCUT2D eigenvalue weighted by Crippen LogP contribution is 2.68. The van der Waals surface area contributed by atoms with Gasteiger partial charge in [-0.2, -0.15) is 0 Å². The first-order chi connectivity index (χ1) is 13.3. The van der Waals surface area contributed by atoms with Crippen LogP contribution in [0.4, 0.5) is 0 Å². The molecule has 6 nitrogen and oxygen atoms in total. The number of alkyl halides is 2. The number of amides is 1. The van der Waals surface area contributed by atoms with Crippen molar-refractivity contribution >= 4 is 50.3 Å². The van der Waals surface area contributed by atoms with Crippen LogP contribution in [0.3, 0.4) is 0 Å². The van der Waals surface area contributed by atoms with Crippen LogP contribution >= 0.6 is 27.5 Å². The summed E-state index contributed by atoms with van der Waals surface area (Å²) in [4.78, 5) is 30.0. The summed E-state index contributed by atoms with van der Waals surface area (Å²) in [5, 5.41) is 1.03. The van der Waals surface area contributed by atoms with E-state index in [-0.39, 0.29) is 5.91 Å². The van der Waals surface area contributed by atoms with E-state index in [0.29, 0.717) is 12.8 Å². The maximum absolute atomic E-state index is 13.6. The molecule has 4 aliphatic heterocycles. The molecule has 8 heteroatoms. The van der Waals surface area contributed by atoms with E-state index in [2.05, 4.69) is 20.9 Å². The van der Waals surface area contributed by atoms with Crippen molar-refractivity contribution in [2.24, 2.45) is 0 Å². The number of esters is 1. The molecule has 2 saturated heterocycles. The molecule has 144 valence electrons. The van der Waals surface area contributed by atoms with E-state index in [1.54, 1.807) is 4.90 Å². The maximum Gasteiger partial charge on any atom is 0.328 e. The highest BCUT2D eigenvalue weighted by molar-refractivity contribution is 9.10. The Kier molecular flexibility index (Phi) is 3.05. The molecule has 4 aliphatic rings. The van der Waals surface area contributed by atoms with E-state index in [9.17, 15) is 9.59 Å². The zero-order chi connectivity index (χ0) is 19.5. The van der Waals surface area contributed by atoms with Crippen LogP contribution in [0.2, 0.25) is 0 Å². The second kappa shape index (κ2) is 5.01. The molecule has 0 aliphatic carbocycles. The highest BCUT2D eigenvalue weighted by atomic mass is 79.9. The van der Waals surface area contributed by atoms with Crippen molar-refractivity contribution in [3.63, 3.8) is 0 Å². The first-order valence-electron chi connectivity index (χ1n) is 9.12. The number of para-hydroxylation sites is 1. The van der Waals surface area contributed by atoms with Crippen LogP contribution in [0.15, 0.2) is 36.4 Å². The van der Waals surface area contributed by atoms with Gasteiger partial charge in [0.15, 0.2) is 4.87 Å². The molecule has 1 N–H and O–H groups in total. The molecule has 5 heterocycles. The number of ether oxygens (including phenoxy) is 2. The molecule has 2 fully saturated rings. The third-order valence-electron chi connectivity index (χ3n) is 6.61. The van der Waals surface area contributed by atoms with Gasteiger partial charge in [0.2, 0.25) is 5.91 Å². The Morgan fingerprint density at radius 1 is 1.39 bits per heavy atom. The molecule has 1 spiro atoms. The molecule has 28 heavy (non-hydrogen) atoms. The van der Waals surface area contributed by atoms with Gasteiger partial charge in [0, 0.05) is 29.4 Å². The van der Waals surface area contributed by atoms with E-state index >= 15 is 0 Å². The first-order valence-corrected chi connectivity index (χ1v) is 10.3. The lowest BCUT2D eigenvalue weighted by atomic mass is 9.78. The fourth-order valence-corrected chi connectivity index (χ4v) is 6.97. The predicted octanol–water partition coefficient (Wildman–Crippen LogP) is 2.95. The SMILES string of the molecule is COC(=O)[C@@H]1Cc2c([nH]c3ccccc23)[C@@H]2N1C(=O)[C@]1(Cl)C[C@@]3(Br)C=C[C@@]21O3. The van der Waals surface area contributed by atoms with Gasteiger partial charge in [-0.15, -0.1) is 11.6 Å². The van der Waals surface area contributed by atoms with Crippen molar-refractivity contribution < 1.29 is 19.1 Å². The Morgan fingerprint density at radius 2 is 2.18 bits per heavy atom. The number of aromatic amines is 1. The van der Waals surface area contributed by atoms with Crippen molar-refractivity contribution in [1.29, 1.82) is 0 Å². The van der Waals surface area contributed by atoms with Crippen LogP contribution in [0.5, 0.6) is 0 Å². The van der Waals surface area contributed by atoms with Gasteiger partial charge in [-0.3, -0.25) is 4.79 Å². The van der Waals surface area contributed by atoms with Crippen molar-refractivity contribution in [2.75, 3.05) is 7.11 Å². The molecular weight excluding hydrogens is 448 g/mol. The Morgan fingerprint density at radius 3 is 2.93 bits per heavy atom. The number of nitrogens with one attached hydrogen (secondary N) is 1. The number of halogens is 2. The smallest absolute Gasteiger partial charge is 0.328 e.